The molecule has 0 radical (unpaired) electrons. The smallest absolute Gasteiger partial charge is 0.251 e. The van der Waals surface area contributed by atoms with Crippen molar-refractivity contribution in [3.8, 4) is 17.0 Å². The van der Waals surface area contributed by atoms with Gasteiger partial charge in [-0.25, -0.2) is 0 Å². The Balaban J connectivity index is 1.33. The minimum absolute atomic E-state index is 0.0682. The van der Waals surface area contributed by atoms with Gasteiger partial charge in [-0.05, 0) is 67.3 Å². The van der Waals surface area contributed by atoms with E-state index in [1.54, 1.807) is 12.3 Å². The van der Waals surface area contributed by atoms with Crippen LogP contribution in [0.4, 0.5) is 0 Å². The third-order valence-electron chi connectivity index (χ3n) is 6.35. The van der Waals surface area contributed by atoms with E-state index in [0.717, 1.165) is 35.0 Å². The van der Waals surface area contributed by atoms with Crippen LogP contribution in [-0.4, -0.2) is 33.5 Å². The molecule has 1 saturated carbocycles. The maximum absolute atomic E-state index is 13.2. The molecule has 0 saturated heterocycles. The van der Waals surface area contributed by atoms with Crippen molar-refractivity contribution < 1.29 is 14.3 Å². The molecule has 1 amide bonds. The molecule has 7 nitrogen and oxygen atoms in total. The molecule has 2 aliphatic rings. The van der Waals surface area contributed by atoms with Gasteiger partial charge in [0.15, 0.2) is 5.78 Å². The normalized spacial score (nSPS) is 16.2. The Bertz CT molecular complexity index is 1380. The van der Waals surface area contributed by atoms with Crippen LogP contribution in [0.1, 0.15) is 51.7 Å². The fraction of sp³-hybridized carbons (Fsp3) is 0.231. The van der Waals surface area contributed by atoms with Gasteiger partial charge in [0.25, 0.3) is 5.91 Å². The van der Waals surface area contributed by atoms with Crippen LogP contribution in [0.2, 0.25) is 0 Å². The number of amides is 1. The number of fused-ring (bicyclic) bond motifs is 2. The first kappa shape index (κ1) is 19.7. The zero-order valence-electron chi connectivity index (χ0n) is 17.9. The molecule has 2 N–H and O–H groups in total. The lowest BCUT2D eigenvalue weighted by atomic mass is 9.99. The van der Waals surface area contributed by atoms with E-state index in [1.165, 1.54) is 0 Å². The van der Waals surface area contributed by atoms with E-state index in [-0.39, 0.29) is 17.7 Å². The fourth-order valence-corrected chi connectivity index (χ4v) is 4.43. The molecular weight excluding hydrogens is 416 g/mol. The number of rotatable bonds is 5. The zero-order chi connectivity index (χ0) is 22.4. The van der Waals surface area contributed by atoms with Crippen molar-refractivity contribution in [3.05, 3.63) is 77.6 Å². The van der Waals surface area contributed by atoms with Gasteiger partial charge in [0, 0.05) is 29.1 Å². The maximum Gasteiger partial charge on any atom is 0.251 e. The number of hydrogen-bond donors (Lipinski definition) is 2. The Morgan fingerprint density at radius 1 is 1.12 bits per heavy atom. The summed E-state index contributed by atoms with van der Waals surface area (Å²) in [4.78, 5) is 30.0. The SMILES string of the molecule is O=C(N[C@H](c1ccccn1)C1CC1)c1ccc2[nH]nc(-c3ccc4c(c3)C(=O)CCO4)c2c1. The number of hydrogen-bond acceptors (Lipinski definition) is 5. The molecule has 33 heavy (non-hydrogen) atoms. The van der Waals surface area contributed by atoms with Gasteiger partial charge in [0.2, 0.25) is 0 Å². The van der Waals surface area contributed by atoms with Crippen LogP contribution >= 0.6 is 0 Å². The van der Waals surface area contributed by atoms with Crippen LogP contribution in [-0.2, 0) is 0 Å². The Kier molecular flexibility index (Phi) is 4.68. The van der Waals surface area contributed by atoms with Crippen molar-refractivity contribution in [2.45, 2.75) is 25.3 Å². The maximum atomic E-state index is 13.2. The molecule has 1 aliphatic carbocycles. The van der Waals surface area contributed by atoms with E-state index < -0.39 is 0 Å². The molecule has 0 bridgehead atoms. The summed E-state index contributed by atoms with van der Waals surface area (Å²) in [5.74, 6) is 0.960. The third kappa shape index (κ3) is 3.65. The first-order chi connectivity index (χ1) is 16.2. The number of ketones is 1. The molecule has 2 aromatic carbocycles. The van der Waals surface area contributed by atoms with Crippen LogP contribution in [0, 0.1) is 5.92 Å². The van der Waals surface area contributed by atoms with E-state index in [2.05, 4.69) is 20.5 Å². The quantitative estimate of drug-likeness (QED) is 0.479. The number of aromatic amines is 1. The summed E-state index contributed by atoms with van der Waals surface area (Å²) in [6.07, 6.45) is 4.32. The average Bonchev–Trinajstić information content (AvgIpc) is 3.61. The Labute approximate surface area is 190 Å². The van der Waals surface area contributed by atoms with Gasteiger partial charge in [-0.1, -0.05) is 6.07 Å². The second kappa shape index (κ2) is 7.85. The van der Waals surface area contributed by atoms with Gasteiger partial charge in [0.1, 0.15) is 5.75 Å². The lowest BCUT2D eigenvalue weighted by molar-refractivity contribution is 0.0923. The van der Waals surface area contributed by atoms with Crippen molar-refractivity contribution in [1.82, 2.24) is 20.5 Å². The number of H-pyrrole nitrogens is 1. The van der Waals surface area contributed by atoms with Crippen molar-refractivity contribution in [2.24, 2.45) is 5.92 Å². The van der Waals surface area contributed by atoms with Gasteiger partial charge in [-0.2, -0.15) is 5.10 Å². The van der Waals surface area contributed by atoms with E-state index >= 15 is 0 Å². The minimum Gasteiger partial charge on any atom is -0.492 e. The van der Waals surface area contributed by atoms with E-state index in [4.69, 9.17) is 4.74 Å². The first-order valence-electron chi connectivity index (χ1n) is 11.2. The minimum atomic E-state index is -0.138. The Morgan fingerprint density at radius 3 is 2.85 bits per heavy atom. The summed E-state index contributed by atoms with van der Waals surface area (Å²) >= 11 is 0. The molecule has 1 aliphatic heterocycles. The highest BCUT2D eigenvalue weighted by Gasteiger charge is 2.34. The van der Waals surface area contributed by atoms with Crippen LogP contribution in [0.5, 0.6) is 5.75 Å². The molecule has 4 aromatic rings. The number of Topliss-reactive ketones (excluding diaryl/α,β-unsaturated/α-hetero) is 1. The molecule has 164 valence electrons. The number of ether oxygens (including phenoxy) is 1. The Hall–Kier alpha value is -4.00. The summed E-state index contributed by atoms with van der Waals surface area (Å²) < 4.78 is 5.59. The molecule has 2 aromatic heterocycles. The van der Waals surface area contributed by atoms with Gasteiger partial charge in [-0.15, -0.1) is 0 Å². The van der Waals surface area contributed by atoms with Crippen molar-refractivity contribution >= 4 is 22.6 Å². The van der Waals surface area contributed by atoms with Crippen LogP contribution in [0.25, 0.3) is 22.2 Å². The van der Waals surface area contributed by atoms with Crippen LogP contribution in [0.3, 0.4) is 0 Å². The van der Waals surface area contributed by atoms with E-state index in [1.807, 2.05) is 48.5 Å². The van der Waals surface area contributed by atoms with E-state index in [9.17, 15) is 9.59 Å². The number of carbonyl (C=O) groups is 2. The number of nitrogens with one attached hydrogen (secondary N) is 2. The summed E-state index contributed by atoms with van der Waals surface area (Å²) in [5.41, 5.74) is 4.35. The molecule has 0 unspecified atom stereocenters. The number of nitrogens with zero attached hydrogens (tertiary/aromatic N) is 2. The van der Waals surface area contributed by atoms with Crippen molar-refractivity contribution in [3.63, 3.8) is 0 Å². The summed E-state index contributed by atoms with van der Waals surface area (Å²) in [5, 5.41) is 11.5. The second-order valence-electron chi connectivity index (χ2n) is 8.61. The number of pyridine rings is 1. The largest absolute Gasteiger partial charge is 0.492 e. The highest BCUT2D eigenvalue weighted by molar-refractivity contribution is 6.04. The highest BCUT2D eigenvalue weighted by atomic mass is 16.5. The number of aromatic nitrogens is 3. The zero-order valence-corrected chi connectivity index (χ0v) is 17.9. The predicted octanol–water partition coefficient (Wildman–Crippen LogP) is 4.47. The Morgan fingerprint density at radius 2 is 2.03 bits per heavy atom. The monoisotopic (exact) mass is 438 g/mol. The summed E-state index contributed by atoms with van der Waals surface area (Å²) in [7, 11) is 0. The molecule has 1 fully saturated rings. The average molecular weight is 438 g/mol. The highest BCUT2D eigenvalue weighted by Crippen LogP contribution is 2.40. The van der Waals surface area contributed by atoms with Crippen molar-refractivity contribution in [2.75, 3.05) is 6.61 Å². The number of benzene rings is 2. The topological polar surface area (TPSA) is 97.0 Å². The van der Waals surface area contributed by atoms with E-state index in [0.29, 0.717) is 41.5 Å². The molecular formula is C26H22N4O3. The fourth-order valence-electron chi connectivity index (χ4n) is 4.43. The lowest BCUT2D eigenvalue weighted by Gasteiger charge is -2.18. The molecule has 0 spiro atoms. The molecule has 3 heterocycles. The van der Waals surface area contributed by atoms with Gasteiger partial charge in [-0.3, -0.25) is 19.7 Å². The summed E-state index contributed by atoms with van der Waals surface area (Å²) in [6, 6.07) is 16.7. The van der Waals surface area contributed by atoms with Gasteiger partial charge < -0.3 is 10.1 Å². The summed E-state index contributed by atoms with van der Waals surface area (Å²) in [6.45, 7) is 0.412. The second-order valence-corrected chi connectivity index (χ2v) is 8.61. The predicted molar refractivity (Wildman–Crippen MR) is 123 cm³/mol. The van der Waals surface area contributed by atoms with Crippen molar-refractivity contribution in [1.29, 1.82) is 0 Å². The molecule has 7 heteroatoms. The van der Waals surface area contributed by atoms with Gasteiger partial charge >= 0.3 is 0 Å². The van der Waals surface area contributed by atoms with Crippen LogP contribution in [0.15, 0.2) is 60.8 Å². The van der Waals surface area contributed by atoms with Crippen LogP contribution < -0.4 is 10.1 Å². The van der Waals surface area contributed by atoms with Gasteiger partial charge in [0.05, 0.1) is 35.1 Å². The molecule has 1 atom stereocenters. The number of carbonyl (C=O) groups excluding carboxylic acids is 2. The first-order valence-corrected chi connectivity index (χ1v) is 11.2. The lowest BCUT2D eigenvalue weighted by Crippen LogP contribution is -2.30. The standard InChI is InChI=1S/C26H22N4O3/c31-22-10-12-33-23-9-7-16(13-19(22)23)24-18-14-17(6-8-20(18)29-30-24)26(32)28-25(15-4-5-15)21-3-1-2-11-27-21/h1-3,6-9,11,13-15,25H,4-5,10,12H2,(H,28,32)(H,29,30)/t25-/m0/s1. The third-order valence-corrected chi connectivity index (χ3v) is 6.35. The molecule has 6 rings (SSSR count).